The number of Topliss-reactive ketones (excluding diaryl/α,β-unsaturated/α-hetero) is 3. The van der Waals surface area contributed by atoms with Gasteiger partial charge in [0, 0.05) is 19.3 Å². The van der Waals surface area contributed by atoms with E-state index >= 15 is 0 Å². The van der Waals surface area contributed by atoms with Crippen molar-refractivity contribution in [1.82, 2.24) is 0 Å². The molecule has 0 amide bonds. The summed E-state index contributed by atoms with van der Waals surface area (Å²) < 4.78 is 41.6. The number of ether oxygens (including phenoxy) is 1. The Balaban J connectivity index is 2.66. The van der Waals surface area contributed by atoms with E-state index in [0.29, 0.717) is 0 Å². The minimum absolute atomic E-state index is 0.544. The Morgan fingerprint density at radius 1 is 1.20 bits per heavy atom. The number of methoxy groups -OCH3 is 1. The highest BCUT2D eigenvalue weighted by molar-refractivity contribution is 6.08. The fourth-order valence-electron chi connectivity index (χ4n) is 2.01. The highest BCUT2D eigenvalue weighted by Crippen LogP contribution is 2.37. The zero-order chi connectivity index (χ0) is 15.5. The predicted octanol–water partition coefficient (Wildman–Crippen LogP) is 1.24. The average molecular weight is 294 g/mol. The third-order valence-electron chi connectivity index (χ3n) is 3.14. The number of carbonyl (C=O) groups is 4. The Hall–Kier alpha value is -1.73. The van der Waals surface area contributed by atoms with E-state index in [9.17, 15) is 32.3 Å². The van der Waals surface area contributed by atoms with E-state index in [-0.39, 0.29) is 0 Å². The third-order valence-corrected chi connectivity index (χ3v) is 3.14. The molecule has 1 aliphatic carbocycles. The molecule has 8 heteroatoms. The molecule has 1 aliphatic rings. The molecule has 0 saturated heterocycles. The summed E-state index contributed by atoms with van der Waals surface area (Å²) in [4.78, 5) is 45.4. The van der Waals surface area contributed by atoms with Gasteiger partial charge in [-0.2, -0.15) is 13.2 Å². The van der Waals surface area contributed by atoms with Gasteiger partial charge in [-0.25, -0.2) is 0 Å². The summed E-state index contributed by atoms with van der Waals surface area (Å²) in [5.74, 6) is -6.67. The Kier molecular flexibility index (Phi) is 5.02. The van der Waals surface area contributed by atoms with E-state index in [4.69, 9.17) is 0 Å². The van der Waals surface area contributed by atoms with Crippen molar-refractivity contribution in [3.63, 3.8) is 0 Å². The molecule has 0 aliphatic heterocycles. The molecule has 1 saturated carbocycles. The average Bonchev–Trinajstić information content (AvgIpc) is 2.32. The van der Waals surface area contributed by atoms with Gasteiger partial charge in [-0.15, -0.1) is 0 Å². The first-order valence-corrected chi connectivity index (χ1v) is 5.85. The molecule has 0 bridgehead atoms. The van der Waals surface area contributed by atoms with E-state index < -0.39 is 67.0 Å². The van der Waals surface area contributed by atoms with Crippen LogP contribution in [0.25, 0.3) is 0 Å². The maximum absolute atomic E-state index is 12.5. The molecule has 112 valence electrons. The van der Waals surface area contributed by atoms with E-state index in [0.717, 1.165) is 7.11 Å². The number of esters is 1. The Morgan fingerprint density at radius 3 is 2.10 bits per heavy atom. The molecule has 0 radical (unpaired) electrons. The van der Waals surface area contributed by atoms with Crippen LogP contribution in [0.1, 0.15) is 25.7 Å². The topological polar surface area (TPSA) is 77.5 Å². The Bertz CT molecular complexity index is 423. The Morgan fingerprint density at radius 2 is 1.70 bits per heavy atom. The summed E-state index contributed by atoms with van der Waals surface area (Å²) in [7, 11) is 1.07. The quantitative estimate of drug-likeness (QED) is 0.576. The summed E-state index contributed by atoms with van der Waals surface area (Å²) >= 11 is 0. The molecular formula is C12H13F3O5. The summed E-state index contributed by atoms with van der Waals surface area (Å²) in [6.07, 6.45) is -7.35. The number of hydrogen-bond acceptors (Lipinski definition) is 5. The molecule has 0 N–H and O–H groups in total. The number of ketones is 3. The second-order valence-electron chi connectivity index (χ2n) is 4.63. The van der Waals surface area contributed by atoms with Crippen molar-refractivity contribution in [2.75, 3.05) is 7.11 Å². The molecule has 0 unspecified atom stereocenters. The van der Waals surface area contributed by atoms with Gasteiger partial charge in [-0.05, 0) is 0 Å². The van der Waals surface area contributed by atoms with Crippen LogP contribution >= 0.6 is 0 Å². The van der Waals surface area contributed by atoms with Crippen molar-refractivity contribution in [2.24, 2.45) is 11.8 Å². The van der Waals surface area contributed by atoms with Gasteiger partial charge in [0.15, 0.2) is 0 Å². The van der Waals surface area contributed by atoms with E-state index in [1.54, 1.807) is 0 Å². The molecule has 0 aromatic heterocycles. The minimum atomic E-state index is -4.60. The van der Waals surface area contributed by atoms with Crippen molar-refractivity contribution >= 4 is 23.3 Å². The van der Waals surface area contributed by atoms with Gasteiger partial charge in [-0.1, -0.05) is 0 Å². The van der Waals surface area contributed by atoms with Crippen LogP contribution in [0.15, 0.2) is 0 Å². The summed E-state index contributed by atoms with van der Waals surface area (Å²) in [5, 5.41) is 0. The smallest absolute Gasteiger partial charge is 0.392 e. The van der Waals surface area contributed by atoms with Crippen molar-refractivity contribution in [2.45, 2.75) is 31.9 Å². The second-order valence-corrected chi connectivity index (χ2v) is 4.63. The number of alkyl halides is 3. The first-order chi connectivity index (χ1) is 9.15. The third kappa shape index (κ3) is 4.14. The lowest BCUT2D eigenvalue weighted by Gasteiger charge is -2.27. The number of rotatable bonds is 4. The van der Waals surface area contributed by atoms with Gasteiger partial charge in [-0.3, -0.25) is 19.2 Å². The maximum atomic E-state index is 12.5. The van der Waals surface area contributed by atoms with Crippen LogP contribution in [-0.4, -0.2) is 36.6 Å². The van der Waals surface area contributed by atoms with E-state index in [2.05, 4.69) is 4.74 Å². The van der Waals surface area contributed by atoms with Crippen LogP contribution in [0.2, 0.25) is 0 Å². The number of hydrogen-bond donors (Lipinski definition) is 0. The van der Waals surface area contributed by atoms with Crippen LogP contribution < -0.4 is 0 Å². The summed E-state index contributed by atoms with van der Waals surface area (Å²) in [6, 6.07) is 0. The zero-order valence-corrected chi connectivity index (χ0v) is 10.7. The predicted molar refractivity (Wildman–Crippen MR) is 58.5 cm³/mol. The van der Waals surface area contributed by atoms with Crippen LogP contribution in [0.5, 0.6) is 0 Å². The van der Waals surface area contributed by atoms with Crippen molar-refractivity contribution in [3.8, 4) is 0 Å². The molecule has 1 rings (SSSR count). The zero-order valence-electron chi connectivity index (χ0n) is 10.7. The molecule has 1 fully saturated rings. The van der Waals surface area contributed by atoms with Crippen LogP contribution in [0, 0.1) is 11.8 Å². The van der Waals surface area contributed by atoms with Gasteiger partial charge >= 0.3 is 12.1 Å². The molecule has 0 atom stereocenters. The van der Waals surface area contributed by atoms with Gasteiger partial charge in [0.25, 0.3) is 0 Å². The van der Waals surface area contributed by atoms with Gasteiger partial charge in [0.2, 0.25) is 0 Å². The van der Waals surface area contributed by atoms with Gasteiger partial charge in [0.1, 0.15) is 23.8 Å². The van der Waals surface area contributed by atoms with Crippen molar-refractivity contribution in [3.05, 3.63) is 0 Å². The Labute approximate surface area is 112 Å². The van der Waals surface area contributed by atoms with Crippen molar-refractivity contribution < 1.29 is 37.1 Å². The normalized spacial score (nSPS) is 23.6. The van der Waals surface area contributed by atoms with Crippen LogP contribution in [0.4, 0.5) is 13.2 Å². The summed E-state index contributed by atoms with van der Waals surface area (Å²) in [6.45, 7) is 0. The molecular weight excluding hydrogens is 281 g/mol. The highest BCUT2D eigenvalue weighted by Gasteiger charge is 2.48. The monoisotopic (exact) mass is 294 g/mol. The summed E-state index contributed by atoms with van der Waals surface area (Å²) in [5.41, 5.74) is 0. The molecule has 5 nitrogen and oxygen atoms in total. The van der Waals surface area contributed by atoms with Crippen LogP contribution in [0.3, 0.4) is 0 Å². The maximum Gasteiger partial charge on any atom is 0.392 e. The minimum Gasteiger partial charge on any atom is -0.469 e. The van der Waals surface area contributed by atoms with Gasteiger partial charge in [0.05, 0.1) is 18.9 Å². The van der Waals surface area contributed by atoms with E-state index in [1.807, 2.05) is 0 Å². The molecule has 0 aromatic carbocycles. The molecule has 0 spiro atoms. The second kappa shape index (κ2) is 6.15. The molecule has 0 aromatic rings. The van der Waals surface area contributed by atoms with E-state index in [1.165, 1.54) is 0 Å². The first kappa shape index (κ1) is 16.3. The van der Waals surface area contributed by atoms with Crippen molar-refractivity contribution in [1.29, 1.82) is 0 Å². The molecule has 0 heterocycles. The fourth-order valence-corrected chi connectivity index (χ4v) is 2.01. The van der Waals surface area contributed by atoms with Crippen LogP contribution in [-0.2, 0) is 23.9 Å². The SMILES string of the molecule is COC(=O)CC(=O)CC1C(=O)CC(C(F)(F)F)CC1=O. The lowest BCUT2D eigenvalue weighted by molar-refractivity contribution is -0.187. The number of halogens is 3. The van der Waals surface area contributed by atoms with Gasteiger partial charge < -0.3 is 4.74 Å². The highest BCUT2D eigenvalue weighted by atomic mass is 19.4. The fraction of sp³-hybridized carbons (Fsp3) is 0.667. The number of carbonyl (C=O) groups excluding carboxylic acids is 4. The first-order valence-electron chi connectivity index (χ1n) is 5.85. The largest absolute Gasteiger partial charge is 0.469 e. The lowest BCUT2D eigenvalue weighted by Crippen LogP contribution is -2.40. The molecule has 20 heavy (non-hydrogen) atoms. The lowest BCUT2D eigenvalue weighted by atomic mass is 9.77. The standard InChI is InChI=1S/C12H13F3O5/c1-20-11(19)5-7(16)4-8-9(17)2-6(3-10(8)18)12(13,14)15/h6,8H,2-5H2,1H3.